The molecule has 0 radical (unpaired) electrons. The Morgan fingerprint density at radius 1 is 1.18 bits per heavy atom. The zero-order chi connectivity index (χ0) is 13.5. The van der Waals surface area contributed by atoms with Crippen LogP contribution in [0.5, 0.6) is 0 Å². The van der Waals surface area contributed by atoms with E-state index in [4.69, 9.17) is 5.73 Å². The highest BCUT2D eigenvalue weighted by Gasteiger charge is 2.37. The van der Waals surface area contributed by atoms with E-state index in [-0.39, 0.29) is 24.5 Å². The molecule has 0 spiro atoms. The van der Waals surface area contributed by atoms with Crippen LogP contribution in [-0.4, -0.2) is 37.5 Å². The SMILES string of the molecule is CCCC(CN)(CCS(=O)(=O)CCC)C(=O)O. The van der Waals surface area contributed by atoms with Crippen LogP contribution in [0.15, 0.2) is 0 Å². The van der Waals surface area contributed by atoms with E-state index in [1.165, 1.54) is 0 Å². The number of sulfone groups is 1. The van der Waals surface area contributed by atoms with Crippen LogP contribution >= 0.6 is 0 Å². The fourth-order valence-corrected chi connectivity index (χ4v) is 3.40. The molecule has 0 aromatic carbocycles. The van der Waals surface area contributed by atoms with Crippen molar-refractivity contribution in [2.75, 3.05) is 18.1 Å². The molecule has 102 valence electrons. The van der Waals surface area contributed by atoms with Gasteiger partial charge >= 0.3 is 5.97 Å². The Bertz CT molecular complexity index is 339. The van der Waals surface area contributed by atoms with Crippen LogP contribution in [0, 0.1) is 5.41 Å². The van der Waals surface area contributed by atoms with Gasteiger partial charge in [0.2, 0.25) is 0 Å². The summed E-state index contributed by atoms with van der Waals surface area (Å²) in [5.41, 5.74) is 4.43. The van der Waals surface area contributed by atoms with Crippen molar-refractivity contribution in [3.8, 4) is 0 Å². The summed E-state index contributed by atoms with van der Waals surface area (Å²) < 4.78 is 23.2. The summed E-state index contributed by atoms with van der Waals surface area (Å²) in [6.07, 6.45) is 1.76. The molecule has 0 bridgehead atoms. The maximum Gasteiger partial charge on any atom is 0.310 e. The third-order valence-corrected chi connectivity index (χ3v) is 4.84. The number of rotatable bonds is 9. The molecule has 0 aromatic heterocycles. The first-order valence-electron chi connectivity index (χ1n) is 5.97. The van der Waals surface area contributed by atoms with E-state index in [2.05, 4.69) is 0 Å². The zero-order valence-electron chi connectivity index (χ0n) is 10.6. The van der Waals surface area contributed by atoms with Crippen molar-refractivity contribution in [2.45, 2.75) is 39.5 Å². The summed E-state index contributed by atoms with van der Waals surface area (Å²) in [5.74, 6) is -0.974. The number of carboxylic acids is 1. The molecule has 6 heteroatoms. The molecule has 0 amide bonds. The van der Waals surface area contributed by atoms with Crippen molar-refractivity contribution in [2.24, 2.45) is 11.1 Å². The topological polar surface area (TPSA) is 97.5 Å². The number of carboxylic acid groups (broad SMARTS) is 1. The Morgan fingerprint density at radius 3 is 2.12 bits per heavy atom. The highest BCUT2D eigenvalue weighted by molar-refractivity contribution is 7.91. The molecule has 0 saturated heterocycles. The van der Waals surface area contributed by atoms with Gasteiger partial charge in [0.25, 0.3) is 0 Å². The van der Waals surface area contributed by atoms with E-state index < -0.39 is 21.2 Å². The van der Waals surface area contributed by atoms with Crippen LogP contribution in [-0.2, 0) is 14.6 Å². The third-order valence-electron chi connectivity index (χ3n) is 2.98. The standard InChI is InChI=1S/C11H23NO4S/c1-3-5-11(9-12,10(13)14)6-8-17(15,16)7-4-2/h3-9,12H2,1-2H3,(H,13,14). The Morgan fingerprint density at radius 2 is 1.76 bits per heavy atom. The quantitative estimate of drug-likeness (QED) is 0.649. The molecular formula is C11H23NO4S. The summed E-state index contributed by atoms with van der Waals surface area (Å²) in [6.45, 7) is 3.64. The molecule has 0 aliphatic rings. The molecule has 17 heavy (non-hydrogen) atoms. The molecule has 5 nitrogen and oxygen atoms in total. The lowest BCUT2D eigenvalue weighted by molar-refractivity contribution is -0.149. The van der Waals surface area contributed by atoms with Gasteiger partial charge in [0.05, 0.1) is 11.2 Å². The van der Waals surface area contributed by atoms with Gasteiger partial charge < -0.3 is 10.8 Å². The van der Waals surface area contributed by atoms with E-state index in [1.54, 1.807) is 6.92 Å². The van der Waals surface area contributed by atoms with Gasteiger partial charge in [-0.05, 0) is 19.3 Å². The van der Waals surface area contributed by atoms with Gasteiger partial charge in [0, 0.05) is 12.3 Å². The first kappa shape index (κ1) is 16.4. The van der Waals surface area contributed by atoms with Crippen molar-refractivity contribution in [1.29, 1.82) is 0 Å². The van der Waals surface area contributed by atoms with Crippen LogP contribution in [0.2, 0.25) is 0 Å². The molecule has 0 rings (SSSR count). The molecule has 0 aromatic rings. The second kappa shape index (κ2) is 6.96. The molecule has 0 saturated carbocycles. The van der Waals surface area contributed by atoms with Crippen molar-refractivity contribution < 1.29 is 18.3 Å². The van der Waals surface area contributed by atoms with E-state index in [0.29, 0.717) is 19.3 Å². The normalized spacial score (nSPS) is 15.5. The largest absolute Gasteiger partial charge is 0.481 e. The molecule has 0 aliphatic carbocycles. The van der Waals surface area contributed by atoms with Gasteiger partial charge in [-0.2, -0.15) is 0 Å². The number of hydrogen-bond donors (Lipinski definition) is 2. The summed E-state index contributed by atoms with van der Waals surface area (Å²) >= 11 is 0. The average Bonchev–Trinajstić information content (AvgIpc) is 2.24. The summed E-state index contributed by atoms with van der Waals surface area (Å²) in [4.78, 5) is 11.2. The van der Waals surface area contributed by atoms with Crippen LogP contribution < -0.4 is 5.73 Å². The van der Waals surface area contributed by atoms with Crippen molar-refractivity contribution in [3.63, 3.8) is 0 Å². The van der Waals surface area contributed by atoms with Crippen LogP contribution in [0.25, 0.3) is 0 Å². The number of hydrogen-bond acceptors (Lipinski definition) is 4. The Hall–Kier alpha value is -0.620. The summed E-state index contributed by atoms with van der Waals surface area (Å²) in [7, 11) is -3.15. The Labute approximate surface area is 103 Å². The number of carbonyl (C=O) groups is 1. The maximum absolute atomic E-state index is 11.6. The third kappa shape index (κ3) is 5.04. The van der Waals surface area contributed by atoms with Crippen LogP contribution in [0.3, 0.4) is 0 Å². The lowest BCUT2D eigenvalue weighted by Crippen LogP contribution is -2.40. The Balaban J connectivity index is 4.72. The molecule has 3 N–H and O–H groups in total. The predicted octanol–water partition coefficient (Wildman–Crippen LogP) is 1.03. The van der Waals surface area contributed by atoms with E-state index in [0.717, 1.165) is 0 Å². The second-order valence-electron chi connectivity index (χ2n) is 4.44. The smallest absolute Gasteiger partial charge is 0.310 e. The predicted molar refractivity (Wildman–Crippen MR) is 67.6 cm³/mol. The monoisotopic (exact) mass is 265 g/mol. The molecule has 0 aliphatic heterocycles. The van der Waals surface area contributed by atoms with Crippen molar-refractivity contribution >= 4 is 15.8 Å². The Kier molecular flexibility index (Phi) is 6.70. The maximum atomic E-state index is 11.6. The number of aliphatic carboxylic acids is 1. The first-order chi connectivity index (χ1) is 7.83. The fraction of sp³-hybridized carbons (Fsp3) is 0.909. The second-order valence-corrected chi connectivity index (χ2v) is 6.75. The molecule has 0 fully saturated rings. The minimum atomic E-state index is -3.15. The first-order valence-corrected chi connectivity index (χ1v) is 7.79. The lowest BCUT2D eigenvalue weighted by Gasteiger charge is -2.27. The minimum Gasteiger partial charge on any atom is -0.481 e. The fourth-order valence-electron chi connectivity index (χ4n) is 1.87. The summed E-state index contributed by atoms with van der Waals surface area (Å²) in [5, 5.41) is 9.21. The van der Waals surface area contributed by atoms with Crippen molar-refractivity contribution in [3.05, 3.63) is 0 Å². The van der Waals surface area contributed by atoms with Gasteiger partial charge in [-0.1, -0.05) is 20.3 Å². The highest BCUT2D eigenvalue weighted by Crippen LogP contribution is 2.28. The lowest BCUT2D eigenvalue weighted by atomic mass is 9.81. The highest BCUT2D eigenvalue weighted by atomic mass is 32.2. The van der Waals surface area contributed by atoms with Gasteiger partial charge in [0.15, 0.2) is 0 Å². The minimum absolute atomic E-state index is 0.0161. The van der Waals surface area contributed by atoms with E-state index >= 15 is 0 Å². The van der Waals surface area contributed by atoms with Gasteiger partial charge in [-0.15, -0.1) is 0 Å². The number of nitrogens with two attached hydrogens (primary N) is 1. The van der Waals surface area contributed by atoms with Crippen LogP contribution in [0.4, 0.5) is 0 Å². The molecular weight excluding hydrogens is 242 g/mol. The van der Waals surface area contributed by atoms with Gasteiger partial charge in [0.1, 0.15) is 9.84 Å². The summed E-state index contributed by atoms with van der Waals surface area (Å²) in [6, 6.07) is 0. The molecule has 0 heterocycles. The van der Waals surface area contributed by atoms with Gasteiger partial charge in [-0.3, -0.25) is 4.79 Å². The zero-order valence-corrected chi connectivity index (χ0v) is 11.4. The molecule has 1 unspecified atom stereocenters. The van der Waals surface area contributed by atoms with Gasteiger partial charge in [-0.25, -0.2) is 8.42 Å². The van der Waals surface area contributed by atoms with E-state index in [9.17, 15) is 18.3 Å². The van der Waals surface area contributed by atoms with E-state index in [1.807, 2.05) is 6.92 Å². The van der Waals surface area contributed by atoms with Crippen LogP contribution in [0.1, 0.15) is 39.5 Å². The molecule has 1 atom stereocenters. The van der Waals surface area contributed by atoms with Crippen molar-refractivity contribution in [1.82, 2.24) is 0 Å². The average molecular weight is 265 g/mol.